The van der Waals surface area contributed by atoms with Crippen LogP contribution in [0.5, 0.6) is 5.88 Å². The lowest BCUT2D eigenvalue weighted by molar-refractivity contribution is -0.123. The third-order valence-corrected chi connectivity index (χ3v) is 2.97. The van der Waals surface area contributed by atoms with Gasteiger partial charge in [0.2, 0.25) is 5.88 Å². The quantitative estimate of drug-likeness (QED) is 0.829. The fourth-order valence-electron chi connectivity index (χ4n) is 1.84. The number of hydrogen-bond acceptors (Lipinski definition) is 5. The van der Waals surface area contributed by atoms with Crippen LogP contribution in [-0.4, -0.2) is 29.6 Å². The normalized spacial score (nSPS) is 11.4. The zero-order valence-electron chi connectivity index (χ0n) is 13.0. The summed E-state index contributed by atoms with van der Waals surface area (Å²) in [6.45, 7) is 3.67. The molecule has 1 heterocycles. The zero-order chi connectivity index (χ0) is 16.7. The summed E-state index contributed by atoms with van der Waals surface area (Å²) in [5.41, 5.74) is 0.825. The average Bonchev–Trinajstić information content (AvgIpc) is 2.56. The topological polar surface area (TPSA) is 77.5 Å². The van der Waals surface area contributed by atoms with Gasteiger partial charge in [-0.1, -0.05) is 18.2 Å². The first kappa shape index (κ1) is 16.5. The number of hydrogen-bond donors (Lipinski definition) is 1. The summed E-state index contributed by atoms with van der Waals surface area (Å²) in [4.78, 5) is 28.2. The number of esters is 1. The van der Waals surface area contributed by atoms with Crippen LogP contribution in [0.3, 0.4) is 0 Å². The second kappa shape index (κ2) is 7.93. The molecular formula is C17H18N2O4. The SMILES string of the molecule is CCOc1ncccc1C(=O)OC(C)C(=O)Nc1ccccc1. The Kier molecular flexibility index (Phi) is 5.68. The molecule has 0 aliphatic heterocycles. The van der Waals surface area contributed by atoms with Gasteiger partial charge in [0.25, 0.3) is 5.91 Å². The fourth-order valence-corrected chi connectivity index (χ4v) is 1.84. The van der Waals surface area contributed by atoms with Crippen LogP contribution in [0.1, 0.15) is 24.2 Å². The van der Waals surface area contributed by atoms with Crippen LogP contribution in [0.4, 0.5) is 5.69 Å². The van der Waals surface area contributed by atoms with Crippen molar-refractivity contribution in [1.29, 1.82) is 0 Å². The van der Waals surface area contributed by atoms with Gasteiger partial charge in [0.1, 0.15) is 5.56 Å². The van der Waals surface area contributed by atoms with E-state index in [1.165, 1.54) is 13.1 Å². The zero-order valence-corrected chi connectivity index (χ0v) is 13.0. The molecule has 6 heteroatoms. The Morgan fingerprint density at radius 3 is 2.61 bits per heavy atom. The minimum absolute atomic E-state index is 0.189. The maximum Gasteiger partial charge on any atom is 0.344 e. The first-order valence-corrected chi connectivity index (χ1v) is 7.26. The predicted molar refractivity (Wildman–Crippen MR) is 85.4 cm³/mol. The van der Waals surface area contributed by atoms with E-state index in [9.17, 15) is 9.59 Å². The maximum atomic E-state index is 12.2. The summed E-state index contributed by atoms with van der Waals surface area (Å²) >= 11 is 0. The van der Waals surface area contributed by atoms with Crippen LogP contribution in [0.15, 0.2) is 48.7 Å². The van der Waals surface area contributed by atoms with E-state index in [-0.39, 0.29) is 11.4 Å². The molecule has 23 heavy (non-hydrogen) atoms. The Morgan fingerprint density at radius 2 is 1.91 bits per heavy atom. The molecule has 1 unspecified atom stereocenters. The Bertz CT molecular complexity index is 673. The lowest BCUT2D eigenvalue weighted by Gasteiger charge is -2.14. The van der Waals surface area contributed by atoms with Gasteiger partial charge in [0.05, 0.1) is 6.61 Å². The number of carbonyl (C=O) groups is 2. The molecule has 1 N–H and O–H groups in total. The monoisotopic (exact) mass is 314 g/mol. The Labute approximate surface area is 134 Å². The van der Waals surface area contributed by atoms with Crippen LogP contribution in [0, 0.1) is 0 Å². The van der Waals surface area contributed by atoms with Gasteiger partial charge in [-0.2, -0.15) is 0 Å². The second-order valence-corrected chi connectivity index (χ2v) is 4.69. The second-order valence-electron chi connectivity index (χ2n) is 4.69. The lowest BCUT2D eigenvalue weighted by atomic mass is 10.2. The number of ether oxygens (including phenoxy) is 2. The fraction of sp³-hybridized carbons (Fsp3) is 0.235. The molecule has 2 aromatic rings. The molecule has 6 nitrogen and oxygen atoms in total. The molecule has 0 saturated heterocycles. The number of aromatic nitrogens is 1. The summed E-state index contributed by atoms with van der Waals surface area (Å²) in [7, 11) is 0. The van der Waals surface area contributed by atoms with Gasteiger partial charge in [-0.15, -0.1) is 0 Å². The Morgan fingerprint density at radius 1 is 1.17 bits per heavy atom. The van der Waals surface area contributed by atoms with Crippen molar-refractivity contribution in [3.05, 3.63) is 54.2 Å². The third kappa shape index (κ3) is 4.54. The molecule has 1 aromatic heterocycles. The molecule has 0 fully saturated rings. The number of amides is 1. The molecular weight excluding hydrogens is 296 g/mol. The molecule has 0 aliphatic carbocycles. The lowest BCUT2D eigenvalue weighted by Crippen LogP contribution is -2.30. The van der Waals surface area contributed by atoms with Crippen LogP contribution in [-0.2, 0) is 9.53 Å². The van der Waals surface area contributed by atoms with E-state index in [2.05, 4.69) is 10.3 Å². The van der Waals surface area contributed by atoms with Crippen LogP contribution >= 0.6 is 0 Å². The van der Waals surface area contributed by atoms with E-state index in [0.29, 0.717) is 12.3 Å². The van der Waals surface area contributed by atoms with Gasteiger partial charge in [0.15, 0.2) is 6.10 Å². The molecule has 2 rings (SSSR count). The first-order valence-electron chi connectivity index (χ1n) is 7.26. The number of rotatable bonds is 6. The van der Waals surface area contributed by atoms with Gasteiger partial charge >= 0.3 is 5.97 Å². The number of pyridine rings is 1. The van der Waals surface area contributed by atoms with Crippen LogP contribution < -0.4 is 10.1 Å². The van der Waals surface area contributed by atoms with Crippen molar-refractivity contribution in [2.45, 2.75) is 20.0 Å². The van der Waals surface area contributed by atoms with E-state index in [4.69, 9.17) is 9.47 Å². The average molecular weight is 314 g/mol. The highest BCUT2D eigenvalue weighted by Crippen LogP contribution is 2.16. The standard InChI is InChI=1S/C17H18N2O4/c1-3-22-16-14(10-7-11-18-16)17(21)23-12(2)15(20)19-13-8-5-4-6-9-13/h4-12H,3H2,1-2H3,(H,19,20). The number of benzene rings is 1. The highest BCUT2D eigenvalue weighted by atomic mass is 16.5. The molecule has 0 saturated carbocycles. The number of anilines is 1. The molecule has 0 aliphatic rings. The summed E-state index contributed by atoms with van der Waals surface area (Å²) in [5.74, 6) is -0.876. The predicted octanol–water partition coefficient (Wildman–Crippen LogP) is 2.66. The molecule has 0 radical (unpaired) electrons. The van der Waals surface area contributed by atoms with E-state index >= 15 is 0 Å². The molecule has 120 valence electrons. The van der Waals surface area contributed by atoms with E-state index < -0.39 is 18.0 Å². The van der Waals surface area contributed by atoms with Gasteiger partial charge in [-0.3, -0.25) is 4.79 Å². The largest absolute Gasteiger partial charge is 0.477 e. The van der Waals surface area contributed by atoms with Crippen molar-refractivity contribution in [1.82, 2.24) is 4.98 Å². The molecule has 1 aromatic carbocycles. The molecule has 1 amide bonds. The van der Waals surface area contributed by atoms with Crippen molar-refractivity contribution >= 4 is 17.6 Å². The van der Waals surface area contributed by atoms with E-state index in [1.807, 2.05) is 6.07 Å². The summed E-state index contributed by atoms with van der Waals surface area (Å²) in [6, 6.07) is 12.1. The summed E-state index contributed by atoms with van der Waals surface area (Å²) < 4.78 is 10.5. The highest BCUT2D eigenvalue weighted by molar-refractivity contribution is 5.98. The van der Waals surface area contributed by atoms with Crippen LogP contribution in [0.2, 0.25) is 0 Å². The summed E-state index contributed by atoms with van der Waals surface area (Å²) in [6.07, 6.45) is 0.574. The van der Waals surface area contributed by atoms with Crippen molar-refractivity contribution in [2.75, 3.05) is 11.9 Å². The Hall–Kier alpha value is -2.89. The smallest absolute Gasteiger partial charge is 0.344 e. The minimum atomic E-state index is -0.947. The van der Waals surface area contributed by atoms with Gasteiger partial charge < -0.3 is 14.8 Å². The number of nitrogens with one attached hydrogen (secondary N) is 1. The molecule has 0 bridgehead atoms. The van der Waals surface area contributed by atoms with Crippen molar-refractivity contribution in [3.8, 4) is 5.88 Å². The summed E-state index contributed by atoms with van der Waals surface area (Å²) in [5, 5.41) is 2.68. The number of carbonyl (C=O) groups excluding carboxylic acids is 2. The number of para-hydroxylation sites is 1. The van der Waals surface area contributed by atoms with Crippen molar-refractivity contribution in [2.24, 2.45) is 0 Å². The van der Waals surface area contributed by atoms with Crippen molar-refractivity contribution < 1.29 is 19.1 Å². The minimum Gasteiger partial charge on any atom is -0.477 e. The Balaban J connectivity index is 2.01. The third-order valence-electron chi connectivity index (χ3n) is 2.97. The molecule has 0 spiro atoms. The maximum absolute atomic E-state index is 12.2. The first-order chi connectivity index (χ1) is 11.1. The van der Waals surface area contributed by atoms with E-state index in [1.54, 1.807) is 43.3 Å². The number of nitrogens with zero attached hydrogens (tertiary/aromatic N) is 1. The van der Waals surface area contributed by atoms with Gasteiger partial charge in [-0.25, -0.2) is 9.78 Å². The highest BCUT2D eigenvalue weighted by Gasteiger charge is 2.22. The van der Waals surface area contributed by atoms with E-state index in [0.717, 1.165) is 0 Å². The van der Waals surface area contributed by atoms with Gasteiger partial charge in [0, 0.05) is 11.9 Å². The van der Waals surface area contributed by atoms with Gasteiger partial charge in [-0.05, 0) is 38.1 Å². The van der Waals surface area contributed by atoms with Crippen molar-refractivity contribution in [3.63, 3.8) is 0 Å². The van der Waals surface area contributed by atoms with Crippen LogP contribution in [0.25, 0.3) is 0 Å². The molecule has 1 atom stereocenters.